The monoisotopic (exact) mass is 309 g/mol. The highest BCUT2D eigenvalue weighted by molar-refractivity contribution is 5.91. The van der Waals surface area contributed by atoms with E-state index in [1.807, 2.05) is 60.0 Å². The summed E-state index contributed by atoms with van der Waals surface area (Å²) in [6, 6.07) is 15.4. The Morgan fingerprint density at radius 2 is 1.91 bits per heavy atom. The Labute approximate surface area is 135 Å². The van der Waals surface area contributed by atoms with Gasteiger partial charge in [-0.05, 0) is 43.3 Å². The van der Waals surface area contributed by atoms with E-state index in [-0.39, 0.29) is 5.91 Å². The fraction of sp³-hybridized carbons (Fsp3) is 0.222. The zero-order chi connectivity index (χ0) is 16.2. The molecule has 0 aliphatic rings. The third-order valence-electron chi connectivity index (χ3n) is 3.66. The lowest BCUT2D eigenvalue weighted by Gasteiger charge is -2.22. The number of ether oxygens (including phenoxy) is 1. The van der Waals surface area contributed by atoms with Crippen molar-refractivity contribution in [3.8, 4) is 5.75 Å². The summed E-state index contributed by atoms with van der Waals surface area (Å²) in [6.45, 7) is 4.55. The van der Waals surface area contributed by atoms with Crippen LogP contribution in [0.1, 0.15) is 13.8 Å². The molecule has 1 amide bonds. The van der Waals surface area contributed by atoms with Crippen LogP contribution in [0, 0.1) is 0 Å². The largest absolute Gasteiger partial charge is 0.494 e. The molecular formula is C18H19N3O2. The van der Waals surface area contributed by atoms with Crippen molar-refractivity contribution in [3.63, 3.8) is 0 Å². The molecule has 1 heterocycles. The average molecular weight is 309 g/mol. The van der Waals surface area contributed by atoms with Crippen LogP contribution in [0.2, 0.25) is 0 Å². The first-order valence-corrected chi connectivity index (χ1v) is 7.60. The van der Waals surface area contributed by atoms with Crippen molar-refractivity contribution in [1.29, 1.82) is 0 Å². The third kappa shape index (κ3) is 3.18. The number of nitrogens with zero attached hydrogens (tertiary/aromatic N) is 3. The Kier molecular flexibility index (Phi) is 4.28. The number of benzene rings is 2. The van der Waals surface area contributed by atoms with Gasteiger partial charge < -0.3 is 9.30 Å². The minimum Gasteiger partial charge on any atom is -0.494 e. The SMILES string of the molecule is CCOc1ccc(N(Cn2cnc3ccccc32)C(C)=O)cc1. The number of aromatic nitrogens is 2. The Hall–Kier alpha value is -2.82. The Balaban J connectivity index is 1.88. The average Bonchev–Trinajstić information content (AvgIpc) is 2.97. The van der Waals surface area contributed by atoms with Gasteiger partial charge in [0, 0.05) is 12.6 Å². The Morgan fingerprint density at radius 3 is 2.61 bits per heavy atom. The normalized spacial score (nSPS) is 10.7. The molecule has 0 radical (unpaired) electrons. The molecule has 0 spiro atoms. The number of hydrogen-bond donors (Lipinski definition) is 0. The van der Waals surface area contributed by atoms with E-state index < -0.39 is 0 Å². The van der Waals surface area contributed by atoms with Crippen molar-refractivity contribution in [2.24, 2.45) is 0 Å². The third-order valence-corrected chi connectivity index (χ3v) is 3.66. The van der Waals surface area contributed by atoms with Crippen molar-refractivity contribution >= 4 is 22.6 Å². The summed E-state index contributed by atoms with van der Waals surface area (Å²) in [4.78, 5) is 18.2. The maximum absolute atomic E-state index is 12.1. The van der Waals surface area contributed by atoms with Crippen molar-refractivity contribution in [3.05, 3.63) is 54.9 Å². The molecule has 1 aromatic heterocycles. The summed E-state index contributed by atoms with van der Waals surface area (Å²) in [5, 5.41) is 0. The van der Waals surface area contributed by atoms with E-state index >= 15 is 0 Å². The van der Waals surface area contributed by atoms with Crippen LogP contribution in [0.15, 0.2) is 54.9 Å². The minimum absolute atomic E-state index is 0.0214. The van der Waals surface area contributed by atoms with Crippen molar-refractivity contribution in [2.45, 2.75) is 20.5 Å². The number of rotatable bonds is 5. The summed E-state index contributed by atoms with van der Waals surface area (Å²) in [5.74, 6) is 0.778. The first-order valence-electron chi connectivity index (χ1n) is 7.60. The van der Waals surface area contributed by atoms with Crippen LogP contribution >= 0.6 is 0 Å². The molecule has 0 atom stereocenters. The number of carbonyl (C=O) groups is 1. The molecule has 3 rings (SSSR count). The maximum Gasteiger partial charge on any atom is 0.225 e. The molecule has 0 unspecified atom stereocenters. The molecule has 0 aliphatic carbocycles. The minimum atomic E-state index is -0.0214. The van der Waals surface area contributed by atoms with Crippen molar-refractivity contribution < 1.29 is 9.53 Å². The van der Waals surface area contributed by atoms with Gasteiger partial charge in [0.15, 0.2) is 0 Å². The van der Waals surface area contributed by atoms with Gasteiger partial charge in [-0.15, -0.1) is 0 Å². The summed E-state index contributed by atoms with van der Waals surface area (Å²) in [5.41, 5.74) is 2.76. The molecule has 0 saturated heterocycles. The van der Waals surface area contributed by atoms with Gasteiger partial charge in [0.1, 0.15) is 12.4 Å². The zero-order valence-corrected chi connectivity index (χ0v) is 13.3. The highest BCUT2D eigenvalue weighted by atomic mass is 16.5. The van der Waals surface area contributed by atoms with Crippen LogP contribution in [0.3, 0.4) is 0 Å². The number of fused-ring (bicyclic) bond motifs is 1. The molecule has 5 heteroatoms. The van der Waals surface area contributed by atoms with Crippen LogP contribution in [-0.4, -0.2) is 22.1 Å². The van der Waals surface area contributed by atoms with Crippen LogP contribution in [0.5, 0.6) is 5.75 Å². The molecular weight excluding hydrogens is 290 g/mol. The molecule has 0 aliphatic heterocycles. The zero-order valence-electron chi connectivity index (χ0n) is 13.3. The van der Waals surface area contributed by atoms with Gasteiger partial charge in [0.05, 0.1) is 24.0 Å². The molecule has 5 nitrogen and oxygen atoms in total. The lowest BCUT2D eigenvalue weighted by atomic mass is 10.2. The van der Waals surface area contributed by atoms with Gasteiger partial charge in [0.2, 0.25) is 5.91 Å². The van der Waals surface area contributed by atoms with E-state index in [1.54, 1.807) is 18.2 Å². The molecule has 2 aromatic carbocycles. The van der Waals surface area contributed by atoms with E-state index in [2.05, 4.69) is 4.98 Å². The molecule has 3 aromatic rings. The Morgan fingerprint density at radius 1 is 1.17 bits per heavy atom. The fourth-order valence-electron chi connectivity index (χ4n) is 2.53. The van der Waals surface area contributed by atoms with Crippen LogP contribution in [0.4, 0.5) is 5.69 Å². The first kappa shape index (κ1) is 15.1. The predicted molar refractivity (Wildman–Crippen MR) is 90.5 cm³/mol. The Bertz CT molecular complexity index is 809. The second kappa shape index (κ2) is 6.52. The predicted octanol–water partition coefficient (Wildman–Crippen LogP) is 3.45. The highest BCUT2D eigenvalue weighted by Gasteiger charge is 2.13. The molecule has 118 valence electrons. The topological polar surface area (TPSA) is 47.4 Å². The summed E-state index contributed by atoms with van der Waals surface area (Å²) < 4.78 is 7.41. The lowest BCUT2D eigenvalue weighted by Crippen LogP contribution is -2.30. The summed E-state index contributed by atoms with van der Waals surface area (Å²) in [6.07, 6.45) is 1.76. The van der Waals surface area contributed by atoms with Crippen LogP contribution in [-0.2, 0) is 11.5 Å². The quantitative estimate of drug-likeness (QED) is 0.725. The fourth-order valence-corrected chi connectivity index (χ4v) is 2.53. The van der Waals surface area contributed by atoms with Crippen LogP contribution in [0.25, 0.3) is 11.0 Å². The van der Waals surface area contributed by atoms with E-state index in [4.69, 9.17) is 4.74 Å². The van der Waals surface area contributed by atoms with Crippen LogP contribution < -0.4 is 9.64 Å². The second-order valence-electron chi connectivity index (χ2n) is 5.22. The molecule has 0 bridgehead atoms. The molecule has 0 N–H and O–H groups in total. The number of para-hydroxylation sites is 2. The van der Waals surface area contributed by atoms with Gasteiger partial charge in [-0.3, -0.25) is 9.69 Å². The first-order chi connectivity index (χ1) is 11.2. The van der Waals surface area contributed by atoms with Gasteiger partial charge in [0.25, 0.3) is 0 Å². The van der Waals surface area contributed by atoms with E-state index in [0.29, 0.717) is 13.3 Å². The molecule has 23 heavy (non-hydrogen) atoms. The van der Waals surface area contributed by atoms with Gasteiger partial charge in [-0.25, -0.2) is 4.98 Å². The number of amides is 1. The molecule has 0 fully saturated rings. The molecule has 0 saturated carbocycles. The highest BCUT2D eigenvalue weighted by Crippen LogP contribution is 2.21. The lowest BCUT2D eigenvalue weighted by molar-refractivity contribution is -0.116. The van der Waals surface area contributed by atoms with Crippen molar-refractivity contribution in [2.75, 3.05) is 11.5 Å². The van der Waals surface area contributed by atoms with Gasteiger partial charge in [-0.1, -0.05) is 12.1 Å². The van der Waals surface area contributed by atoms with E-state index in [9.17, 15) is 4.79 Å². The van der Waals surface area contributed by atoms with Crippen molar-refractivity contribution in [1.82, 2.24) is 9.55 Å². The van der Waals surface area contributed by atoms with E-state index in [0.717, 1.165) is 22.5 Å². The van der Waals surface area contributed by atoms with Gasteiger partial charge in [-0.2, -0.15) is 0 Å². The smallest absolute Gasteiger partial charge is 0.225 e. The van der Waals surface area contributed by atoms with E-state index in [1.165, 1.54) is 0 Å². The number of anilines is 1. The standard InChI is InChI=1S/C18H19N3O2/c1-3-23-16-10-8-15(9-11-16)21(14(2)22)13-20-12-19-17-6-4-5-7-18(17)20/h4-12H,3,13H2,1-2H3. The number of carbonyl (C=O) groups excluding carboxylic acids is 1. The maximum atomic E-state index is 12.1. The number of hydrogen-bond acceptors (Lipinski definition) is 3. The second-order valence-corrected chi connectivity index (χ2v) is 5.22. The summed E-state index contributed by atoms with van der Waals surface area (Å²) >= 11 is 0. The van der Waals surface area contributed by atoms with Gasteiger partial charge >= 0.3 is 0 Å². The number of imidazole rings is 1. The summed E-state index contributed by atoms with van der Waals surface area (Å²) in [7, 11) is 0.